The molecule has 0 atom stereocenters. The Bertz CT molecular complexity index is 639. The molecule has 6 heteroatoms. The summed E-state index contributed by atoms with van der Waals surface area (Å²) in [5.41, 5.74) is 6.20. The van der Waals surface area contributed by atoms with E-state index in [0.29, 0.717) is 23.2 Å². The second-order valence-electron chi connectivity index (χ2n) is 4.07. The summed E-state index contributed by atoms with van der Waals surface area (Å²) in [6.45, 7) is 0. The van der Waals surface area contributed by atoms with Crippen LogP contribution < -0.4 is 15.8 Å². The minimum Gasteiger partial charge on any atom is -0.497 e. The second kappa shape index (κ2) is 5.56. The Hall–Kier alpha value is -2.63. The molecule has 0 radical (unpaired) electrons. The number of hydrogen-bond acceptors (Lipinski definition) is 3. The zero-order chi connectivity index (χ0) is 14.7. The van der Waals surface area contributed by atoms with Crippen LogP contribution in [-0.2, 0) is 0 Å². The van der Waals surface area contributed by atoms with Crippen LogP contribution in [0.3, 0.4) is 0 Å². The maximum atomic E-state index is 13.1. The van der Waals surface area contributed by atoms with Crippen molar-refractivity contribution in [1.29, 1.82) is 0 Å². The summed E-state index contributed by atoms with van der Waals surface area (Å²) in [4.78, 5) is 11.9. The van der Waals surface area contributed by atoms with Crippen LogP contribution in [0.2, 0.25) is 0 Å². The lowest BCUT2D eigenvalue weighted by atomic mass is 10.2. The molecule has 104 valence electrons. The smallest absolute Gasteiger partial charge is 0.255 e. The van der Waals surface area contributed by atoms with Gasteiger partial charge in [-0.05, 0) is 24.3 Å². The van der Waals surface area contributed by atoms with E-state index in [4.69, 9.17) is 10.5 Å². The van der Waals surface area contributed by atoms with Gasteiger partial charge in [-0.2, -0.15) is 0 Å². The van der Waals surface area contributed by atoms with Crippen LogP contribution in [0, 0.1) is 11.6 Å². The van der Waals surface area contributed by atoms with Gasteiger partial charge in [0.2, 0.25) is 0 Å². The molecule has 0 spiro atoms. The van der Waals surface area contributed by atoms with Crippen molar-refractivity contribution in [1.82, 2.24) is 0 Å². The number of carbonyl (C=O) groups excluding carboxylic acids is 1. The fraction of sp³-hybridized carbons (Fsp3) is 0.0714. The van der Waals surface area contributed by atoms with Gasteiger partial charge in [-0.1, -0.05) is 0 Å². The first kappa shape index (κ1) is 13.8. The minimum atomic E-state index is -0.825. The first-order valence-corrected chi connectivity index (χ1v) is 5.70. The summed E-state index contributed by atoms with van der Waals surface area (Å²) in [5.74, 6) is -1.81. The topological polar surface area (TPSA) is 64.3 Å². The maximum absolute atomic E-state index is 13.1. The van der Waals surface area contributed by atoms with Crippen molar-refractivity contribution in [2.45, 2.75) is 0 Å². The van der Waals surface area contributed by atoms with Crippen LogP contribution in [-0.4, -0.2) is 13.0 Å². The fourth-order valence-electron chi connectivity index (χ4n) is 1.65. The molecule has 2 rings (SSSR count). The van der Waals surface area contributed by atoms with Crippen molar-refractivity contribution in [3.63, 3.8) is 0 Å². The lowest BCUT2D eigenvalue weighted by Gasteiger charge is -2.10. The summed E-state index contributed by atoms with van der Waals surface area (Å²) in [5, 5.41) is 2.48. The zero-order valence-electron chi connectivity index (χ0n) is 10.6. The van der Waals surface area contributed by atoms with E-state index in [1.807, 2.05) is 0 Å². The molecule has 0 unspecified atom stereocenters. The number of rotatable bonds is 3. The Labute approximate surface area is 114 Å². The molecule has 0 aromatic heterocycles. The molecule has 0 saturated carbocycles. The Morgan fingerprint density at radius 2 is 1.80 bits per heavy atom. The highest BCUT2D eigenvalue weighted by Crippen LogP contribution is 2.25. The molecule has 0 bridgehead atoms. The molecule has 0 aliphatic carbocycles. The number of carbonyl (C=O) groups is 1. The Morgan fingerprint density at radius 3 is 2.40 bits per heavy atom. The monoisotopic (exact) mass is 278 g/mol. The second-order valence-corrected chi connectivity index (χ2v) is 4.07. The van der Waals surface area contributed by atoms with Crippen LogP contribution in [0.15, 0.2) is 36.4 Å². The van der Waals surface area contributed by atoms with Gasteiger partial charge in [0.25, 0.3) is 5.91 Å². The predicted molar refractivity (Wildman–Crippen MR) is 71.7 cm³/mol. The molecule has 20 heavy (non-hydrogen) atoms. The van der Waals surface area contributed by atoms with E-state index in [1.165, 1.54) is 13.2 Å². The number of amides is 1. The first-order valence-electron chi connectivity index (χ1n) is 5.70. The summed E-state index contributed by atoms with van der Waals surface area (Å²) < 4.78 is 31.1. The quantitative estimate of drug-likeness (QED) is 0.848. The van der Waals surface area contributed by atoms with Gasteiger partial charge in [-0.25, -0.2) is 8.78 Å². The molecule has 0 fully saturated rings. The maximum Gasteiger partial charge on any atom is 0.255 e. The van der Waals surface area contributed by atoms with E-state index in [-0.39, 0.29) is 5.56 Å². The molecule has 1 amide bonds. The number of nitrogens with one attached hydrogen (secondary N) is 1. The average molecular weight is 278 g/mol. The van der Waals surface area contributed by atoms with Gasteiger partial charge < -0.3 is 15.8 Å². The molecule has 4 nitrogen and oxygen atoms in total. The molecule has 0 aliphatic rings. The van der Waals surface area contributed by atoms with Crippen LogP contribution in [0.5, 0.6) is 5.75 Å². The van der Waals surface area contributed by atoms with E-state index in [1.54, 1.807) is 12.1 Å². The highest BCUT2D eigenvalue weighted by molar-refractivity contribution is 6.05. The molecule has 0 heterocycles. The normalized spacial score (nSPS) is 10.2. The minimum absolute atomic E-state index is 0.135. The highest BCUT2D eigenvalue weighted by Gasteiger charge is 2.11. The van der Waals surface area contributed by atoms with Gasteiger partial charge in [-0.3, -0.25) is 4.79 Å². The highest BCUT2D eigenvalue weighted by atomic mass is 19.1. The van der Waals surface area contributed by atoms with Crippen molar-refractivity contribution in [2.75, 3.05) is 18.2 Å². The number of anilines is 2. The number of nitrogens with two attached hydrogens (primary N) is 1. The van der Waals surface area contributed by atoms with E-state index < -0.39 is 17.5 Å². The Kier molecular flexibility index (Phi) is 3.84. The van der Waals surface area contributed by atoms with Crippen LogP contribution in [0.1, 0.15) is 10.4 Å². The van der Waals surface area contributed by atoms with Crippen molar-refractivity contribution in [3.8, 4) is 5.75 Å². The molecular weight excluding hydrogens is 266 g/mol. The summed E-state index contributed by atoms with van der Waals surface area (Å²) in [6.07, 6.45) is 0. The van der Waals surface area contributed by atoms with Crippen molar-refractivity contribution >= 4 is 17.3 Å². The van der Waals surface area contributed by atoms with Crippen LogP contribution in [0.25, 0.3) is 0 Å². The summed E-state index contributed by atoms with van der Waals surface area (Å²) in [7, 11) is 1.47. The predicted octanol–water partition coefficient (Wildman–Crippen LogP) is 2.81. The van der Waals surface area contributed by atoms with E-state index in [2.05, 4.69) is 5.32 Å². The largest absolute Gasteiger partial charge is 0.497 e. The lowest BCUT2D eigenvalue weighted by Crippen LogP contribution is -2.14. The number of ether oxygens (including phenoxy) is 1. The average Bonchev–Trinajstić information content (AvgIpc) is 2.40. The zero-order valence-corrected chi connectivity index (χ0v) is 10.6. The van der Waals surface area contributed by atoms with Crippen molar-refractivity contribution < 1.29 is 18.3 Å². The van der Waals surface area contributed by atoms with Gasteiger partial charge in [0.05, 0.1) is 18.5 Å². The number of benzene rings is 2. The standard InChI is InChI=1S/C14H12F2N2O2/c1-20-11-2-3-12(17)13(7-11)18-14(19)8-4-9(15)6-10(16)5-8/h2-7H,17H2,1H3,(H,18,19). The van der Waals surface area contributed by atoms with Crippen LogP contribution >= 0.6 is 0 Å². The number of methoxy groups -OCH3 is 1. The fourth-order valence-corrected chi connectivity index (χ4v) is 1.65. The lowest BCUT2D eigenvalue weighted by molar-refractivity contribution is 0.102. The van der Waals surface area contributed by atoms with Gasteiger partial charge in [0.15, 0.2) is 0 Å². The SMILES string of the molecule is COc1ccc(N)c(NC(=O)c2cc(F)cc(F)c2)c1. The Morgan fingerprint density at radius 1 is 1.15 bits per heavy atom. The van der Waals surface area contributed by atoms with Crippen molar-refractivity contribution in [2.24, 2.45) is 0 Å². The Balaban J connectivity index is 2.27. The third-order valence-corrected chi connectivity index (χ3v) is 2.63. The van der Waals surface area contributed by atoms with Gasteiger partial charge in [0, 0.05) is 17.7 Å². The van der Waals surface area contributed by atoms with Crippen molar-refractivity contribution in [3.05, 3.63) is 53.6 Å². The molecule has 3 N–H and O–H groups in total. The van der Waals surface area contributed by atoms with E-state index >= 15 is 0 Å². The molecule has 0 aliphatic heterocycles. The molecular formula is C14H12F2N2O2. The van der Waals surface area contributed by atoms with Crippen LogP contribution in [0.4, 0.5) is 20.2 Å². The summed E-state index contributed by atoms with van der Waals surface area (Å²) in [6, 6.07) is 7.27. The van der Waals surface area contributed by atoms with E-state index in [9.17, 15) is 13.6 Å². The number of hydrogen-bond donors (Lipinski definition) is 2. The first-order chi connectivity index (χ1) is 9.49. The van der Waals surface area contributed by atoms with E-state index in [0.717, 1.165) is 12.1 Å². The molecule has 2 aromatic carbocycles. The summed E-state index contributed by atoms with van der Waals surface area (Å²) >= 11 is 0. The van der Waals surface area contributed by atoms with Gasteiger partial charge in [0.1, 0.15) is 17.4 Å². The number of halogens is 2. The van der Waals surface area contributed by atoms with Gasteiger partial charge in [-0.15, -0.1) is 0 Å². The molecule has 0 saturated heterocycles. The van der Waals surface area contributed by atoms with Gasteiger partial charge >= 0.3 is 0 Å². The number of nitrogen functional groups attached to an aromatic ring is 1. The molecule has 2 aromatic rings. The third kappa shape index (κ3) is 3.03. The third-order valence-electron chi connectivity index (χ3n) is 2.63.